The van der Waals surface area contributed by atoms with Gasteiger partial charge in [0.1, 0.15) is 5.75 Å². The number of para-hydroxylation sites is 1. The Morgan fingerprint density at radius 3 is 2.03 bits per heavy atom. The molecule has 0 spiro atoms. The van der Waals surface area contributed by atoms with Gasteiger partial charge in [-0.05, 0) is 24.2 Å². The van der Waals surface area contributed by atoms with Crippen LogP contribution in [-0.4, -0.2) is 49.6 Å². The first-order valence-electron chi connectivity index (χ1n) is 10.4. The van der Waals surface area contributed by atoms with Crippen molar-refractivity contribution in [2.24, 2.45) is 0 Å². The van der Waals surface area contributed by atoms with Gasteiger partial charge in [0.15, 0.2) is 0 Å². The second kappa shape index (κ2) is 9.25. The maximum absolute atomic E-state index is 5.58. The molecule has 150 valence electrons. The van der Waals surface area contributed by atoms with E-state index in [0.29, 0.717) is 12.0 Å². The van der Waals surface area contributed by atoms with Crippen LogP contribution in [0.15, 0.2) is 84.9 Å². The summed E-state index contributed by atoms with van der Waals surface area (Å²) < 4.78 is 5.58. The molecule has 0 aliphatic carbocycles. The number of methoxy groups -OCH3 is 1. The van der Waals surface area contributed by atoms with E-state index in [2.05, 4.69) is 95.7 Å². The first-order chi connectivity index (χ1) is 14.3. The van der Waals surface area contributed by atoms with Gasteiger partial charge in [0, 0.05) is 43.7 Å². The van der Waals surface area contributed by atoms with Crippen molar-refractivity contribution in [1.29, 1.82) is 0 Å². The van der Waals surface area contributed by atoms with Gasteiger partial charge in [-0.25, -0.2) is 0 Å². The van der Waals surface area contributed by atoms with Crippen LogP contribution in [0.1, 0.15) is 22.6 Å². The van der Waals surface area contributed by atoms with E-state index in [-0.39, 0.29) is 0 Å². The summed E-state index contributed by atoms with van der Waals surface area (Å²) in [6, 6.07) is 30.7. The predicted octanol–water partition coefficient (Wildman–Crippen LogP) is 4.64. The van der Waals surface area contributed by atoms with Crippen molar-refractivity contribution in [2.75, 3.05) is 33.8 Å². The molecule has 0 aromatic heterocycles. The van der Waals surface area contributed by atoms with E-state index in [1.165, 1.54) is 16.7 Å². The van der Waals surface area contributed by atoms with Gasteiger partial charge in [0.2, 0.25) is 0 Å². The molecular formula is C26H30N2O. The van der Waals surface area contributed by atoms with Crippen LogP contribution >= 0.6 is 0 Å². The average Bonchev–Trinajstić information content (AvgIpc) is 2.78. The normalized spacial score (nSPS) is 18.1. The van der Waals surface area contributed by atoms with E-state index in [4.69, 9.17) is 4.74 Å². The number of likely N-dealkylation sites (N-methyl/N-ethyl adjacent to an activating group) is 1. The molecular weight excluding hydrogens is 356 g/mol. The van der Waals surface area contributed by atoms with E-state index in [1.54, 1.807) is 7.11 Å². The van der Waals surface area contributed by atoms with Crippen LogP contribution in [0, 0.1) is 0 Å². The van der Waals surface area contributed by atoms with Crippen molar-refractivity contribution in [1.82, 2.24) is 9.80 Å². The fourth-order valence-electron chi connectivity index (χ4n) is 4.50. The molecule has 1 unspecified atom stereocenters. The lowest BCUT2D eigenvalue weighted by atomic mass is 9.83. The number of nitrogens with zero attached hydrogens (tertiary/aromatic N) is 2. The summed E-state index contributed by atoms with van der Waals surface area (Å²) in [6.07, 6.45) is 0. The topological polar surface area (TPSA) is 15.7 Å². The smallest absolute Gasteiger partial charge is 0.123 e. The van der Waals surface area contributed by atoms with Crippen LogP contribution in [-0.2, 0) is 6.54 Å². The van der Waals surface area contributed by atoms with E-state index >= 15 is 0 Å². The Morgan fingerprint density at radius 1 is 0.828 bits per heavy atom. The highest BCUT2D eigenvalue weighted by molar-refractivity contribution is 5.35. The van der Waals surface area contributed by atoms with E-state index in [9.17, 15) is 0 Å². The molecule has 3 nitrogen and oxygen atoms in total. The minimum absolute atomic E-state index is 0.350. The average molecular weight is 387 g/mol. The number of benzene rings is 3. The molecule has 4 rings (SSSR count). The number of hydrogen-bond acceptors (Lipinski definition) is 3. The van der Waals surface area contributed by atoms with Crippen molar-refractivity contribution in [3.8, 4) is 5.75 Å². The van der Waals surface area contributed by atoms with Crippen molar-refractivity contribution < 1.29 is 4.74 Å². The predicted molar refractivity (Wildman–Crippen MR) is 119 cm³/mol. The van der Waals surface area contributed by atoms with Gasteiger partial charge in [0.25, 0.3) is 0 Å². The zero-order chi connectivity index (χ0) is 20.1. The third-order valence-corrected chi connectivity index (χ3v) is 6.07. The highest BCUT2D eigenvalue weighted by atomic mass is 16.5. The van der Waals surface area contributed by atoms with Crippen LogP contribution in [0.5, 0.6) is 5.75 Å². The number of rotatable bonds is 6. The molecule has 29 heavy (non-hydrogen) atoms. The molecule has 0 N–H and O–H groups in total. The van der Waals surface area contributed by atoms with Crippen LogP contribution in [0.25, 0.3) is 0 Å². The molecule has 1 saturated heterocycles. The van der Waals surface area contributed by atoms with Gasteiger partial charge in [-0.3, -0.25) is 9.80 Å². The minimum atomic E-state index is 0.350. The largest absolute Gasteiger partial charge is 0.496 e. The fraction of sp³-hybridized carbons (Fsp3) is 0.308. The van der Waals surface area contributed by atoms with E-state index < -0.39 is 0 Å². The molecule has 1 aliphatic heterocycles. The fourth-order valence-corrected chi connectivity index (χ4v) is 4.50. The van der Waals surface area contributed by atoms with Gasteiger partial charge < -0.3 is 4.74 Å². The quantitative estimate of drug-likeness (QED) is 0.614. The molecule has 1 fully saturated rings. The molecule has 0 bridgehead atoms. The molecule has 1 atom stereocenters. The molecule has 3 heteroatoms. The summed E-state index contributed by atoms with van der Waals surface area (Å²) in [5.74, 6) is 1.33. The second-order valence-corrected chi connectivity index (χ2v) is 7.89. The minimum Gasteiger partial charge on any atom is -0.496 e. The number of piperazine rings is 1. The zero-order valence-corrected chi connectivity index (χ0v) is 17.4. The molecule has 0 amide bonds. The Bertz CT molecular complexity index is 857. The molecule has 3 aromatic carbocycles. The highest BCUT2D eigenvalue weighted by Gasteiger charge is 2.33. The van der Waals surface area contributed by atoms with Crippen LogP contribution in [0.4, 0.5) is 0 Å². The molecule has 1 aliphatic rings. The van der Waals surface area contributed by atoms with Crippen LogP contribution < -0.4 is 4.74 Å². The molecule has 0 saturated carbocycles. The summed E-state index contributed by atoms with van der Waals surface area (Å²) >= 11 is 0. The molecule has 1 heterocycles. The van der Waals surface area contributed by atoms with E-state index in [1.807, 2.05) is 6.07 Å². The Kier molecular flexibility index (Phi) is 6.28. The maximum Gasteiger partial charge on any atom is 0.123 e. The lowest BCUT2D eigenvalue weighted by Gasteiger charge is -2.43. The Hall–Kier alpha value is -2.62. The summed E-state index contributed by atoms with van der Waals surface area (Å²) in [5, 5.41) is 0. The van der Waals surface area contributed by atoms with Crippen LogP contribution in [0.2, 0.25) is 0 Å². The lowest BCUT2D eigenvalue weighted by molar-refractivity contribution is 0.0810. The van der Waals surface area contributed by atoms with Crippen molar-refractivity contribution >= 4 is 0 Å². The van der Waals surface area contributed by atoms with Crippen molar-refractivity contribution in [2.45, 2.75) is 18.5 Å². The SMILES string of the molecule is COc1ccccc1CN1CCN(C)C(C(c2ccccc2)c2ccccc2)C1. The number of ether oxygens (including phenoxy) is 1. The third-order valence-electron chi connectivity index (χ3n) is 6.07. The van der Waals surface area contributed by atoms with Gasteiger partial charge in [0.05, 0.1) is 7.11 Å². The Balaban J connectivity index is 1.62. The van der Waals surface area contributed by atoms with Crippen molar-refractivity contribution in [3.05, 3.63) is 102 Å². The summed E-state index contributed by atoms with van der Waals surface area (Å²) in [5.41, 5.74) is 4.03. The number of hydrogen-bond donors (Lipinski definition) is 0. The second-order valence-electron chi connectivity index (χ2n) is 7.89. The zero-order valence-electron chi connectivity index (χ0n) is 17.4. The van der Waals surface area contributed by atoms with Gasteiger partial charge >= 0.3 is 0 Å². The monoisotopic (exact) mass is 386 g/mol. The Morgan fingerprint density at radius 2 is 1.41 bits per heavy atom. The summed E-state index contributed by atoms with van der Waals surface area (Å²) in [6.45, 7) is 4.09. The Labute approximate surface area is 174 Å². The van der Waals surface area contributed by atoms with Gasteiger partial charge in [-0.15, -0.1) is 0 Å². The summed E-state index contributed by atoms with van der Waals surface area (Å²) in [4.78, 5) is 5.10. The third kappa shape index (κ3) is 4.52. The van der Waals surface area contributed by atoms with Gasteiger partial charge in [-0.2, -0.15) is 0 Å². The first-order valence-corrected chi connectivity index (χ1v) is 10.4. The van der Waals surface area contributed by atoms with Crippen molar-refractivity contribution in [3.63, 3.8) is 0 Å². The highest BCUT2D eigenvalue weighted by Crippen LogP contribution is 2.33. The van der Waals surface area contributed by atoms with Gasteiger partial charge in [-0.1, -0.05) is 78.9 Å². The lowest BCUT2D eigenvalue weighted by Crippen LogP contribution is -2.53. The van der Waals surface area contributed by atoms with Crippen LogP contribution in [0.3, 0.4) is 0 Å². The molecule has 3 aromatic rings. The maximum atomic E-state index is 5.58. The standard InChI is InChI=1S/C26H30N2O/c1-27-17-18-28(19-23-15-9-10-16-25(23)29-2)20-24(27)26(21-11-5-3-6-12-21)22-13-7-4-8-14-22/h3-16,24,26H,17-20H2,1-2H3. The van der Waals surface area contributed by atoms with E-state index in [0.717, 1.165) is 31.9 Å². The molecule has 0 radical (unpaired) electrons. The first kappa shape index (κ1) is 19.7. The summed E-state index contributed by atoms with van der Waals surface area (Å²) in [7, 11) is 4.02.